The van der Waals surface area contributed by atoms with Crippen molar-refractivity contribution in [2.45, 2.75) is 93.9 Å². The first-order valence-corrected chi connectivity index (χ1v) is 16.6. The van der Waals surface area contributed by atoms with Crippen molar-refractivity contribution in [1.82, 2.24) is 0 Å². The van der Waals surface area contributed by atoms with Crippen LogP contribution in [0.25, 0.3) is 38.7 Å². The molecule has 0 heterocycles. The lowest BCUT2D eigenvalue weighted by molar-refractivity contribution is 0.283. The summed E-state index contributed by atoms with van der Waals surface area (Å²) < 4.78 is 0. The molecule has 0 atom stereocenters. The molecule has 0 unspecified atom stereocenters. The quantitative estimate of drug-likeness (QED) is 0.202. The third-order valence-electron chi connectivity index (χ3n) is 9.95. The van der Waals surface area contributed by atoms with Crippen molar-refractivity contribution in [3.8, 4) is 11.1 Å². The summed E-state index contributed by atoms with van der Waals surface area (Å²) in [6, 6.07) is 33.4. The molecule has 43 heavy (non-hydrogen) atoms. The van der Waals surface area contributed by atoms with E-state index in [0.29, 0.717) is 11.3 Å². The van der Waals surface area contributed by atoms with Gasteiger partial charge in [0, 0.05) is 5.41 Å². The van der Waals surface area contributed by atoms with Gasteiger partial charge in [0.1, 0.15) is 0 Å². The van der Waals surface area contributed by atoms with E-state index in [2.05, 4.69) is 166 Å². The molecule has 1 aliphatic rings. The summed E-state index contributed by atoms with van der Waals surface area (Å²) in [6.07, 6.45) is 5.73. The third-order valence-corrected chi connectivity index (χ3v) is 9.95. The first-order valence-electron chi connectivity index (χ1n) is 16.6. The second-order valence-corrected chi connectivity index (χ2v) is 14.1. The largest absolute Gasteiger partial charge is 0.0798 e. The van der Waals surface area contributed by atoms with Gasteiger partial charge in [-0.15, -0.1) is 0 Å². The molecule has 5 aromatic carbocycles. The van der Waals surface area contributed by atoms with Gasteiger partial charge in [-0.3, -0.25) is 0 Å². The standard InChI is InChI=1S/C19H20.C17H18.C7H16/c1-4-14-8-9-15-6-5-7-16-10-11-17(12-13(2)3)18(14)19(15)16;1-3-17(4-2)15-11-7-5-9-13(15)14-10-6-8-12-16(14)17;1-6(2)7(3,4)5/h4-11,13H,12H2,1-3H3;5-12H,3-4H2,1-2H3;6H,1-5H3/b14-4-;;. The Labute approximate surface area is 262 Å². The number of fused-ring (bicyclic) bond motifs is 3. The van der Waals surface area contributed by atoms with Gasteiger partial charge in [0.05, 0.1) is 0 Å². The zero-order chi connectivity index (χ0) is 31.4. The second kappa shape index (κ2) is 13.5. The smallest absolute Gasteiger partial charge is 0.0210 e. The van der Waals surface area contributed by atoms with E-state index in [1.807, 2.05) is 0 Å². The van der Waals surface area contributed by atoms with Crippen LogP contribution in [-0.4, -0.2) is 0 Å². The Balaban J connectivity index is 0.000000163. The van der Waals surface area contributed by atoms with Crippen molar-refractivity contribution in [2.24, 2.45) is 17.3 Å². The summed E-state index contributed by atoms with van der Waals surface area (Å²) in [5.41, 5.74) is 8.14. The first kappa shape index (κ1) is 32.5. The van der Waals surface area contributed by atoms with Gasteiger partial charge in [-0.1, -0.05) is 159 Å². The van der Waals surface area contributed by atoms with Gasteiger partial charge < -0.3 is 0 Å². The van der Waals surface area contributed by atoms with Crippen molar-refractivity contribution in [3.63, 3.8) is 0 Å². The molecule has 0 N–H and O–H groups in total. The molecule has 226 valence electrons. The molecule has 0 amide bonds. The van der Waals surface area contributed by atoms with Crippen LogP contribution in [0.5, 0.6) is 0 Å². The fourth-order valence-electron chi connectivity index (χ4n) is 6.46. The van der Waals surface area contributed by atoms with Crippen LogP contribution in [0.2, 0.25) is 0 Å². The molecule has 6 rings (SSSR count). The summed E-state index contributed by atoms with van der Waals surface area (Å²) in [5, 5.41) is 6.94. The Morgan fingerprint density at radius 2 is 1.12 bits per heavy atom. The van der Waals surface area contributed by atoms with Crippen LogP contribution < -0.4 is 5.22 Å². The highest BCUT2D eigenvalue weighted by Gasteiger charge is 2.39. The second-order valence-electron chi connectivity index (χ2n) is 14.1. The van der Waals surface area contributed by atoms with Gasteiger partial charge >= 0.3 is 0 Å². The van der Waals surface area contributed by atoms with E-state index >= 15 is 0 Å². The molecular weight excluding hydrogens is 516 g/mol. The van der Waals surface area contributed by atoms with Crippen LogP contribution in [0.3, 0.4) is 0 Å². The van der Waals surface area contributed by atoms with Gasteiger partial charge in [-0.2, -0.15) is 0 Å². The molecule has 5 aromatic rings. The number of benzene rings is 5. The summed E-state index contributed by atoms with van der Waals surface area (Å²) in [7, 11) is 0. The lowest BCUT2D eigenvalue weighted by Crippen LogP contribution is -2.22. The van der Waals surface area contributed by atoms with Crippen LogP contribution in [0.4, 0.5) is 0 Å². The zero-order valence-electron chi connectivity index (χ0n) is 28.5. The third kappa shape index (κ3) is 6.59. The molecule has 0 saturated carbocycles. The van der Waals surface area contributed by atoms with Crippen LogP contribution in [0, 0.1) is 17.3 Å². The molecule has 0 fully saturated rings. The maximum absolute atomic E-state index is 2.31. The highest BCUT2D eigenvalue weighted by molar-refractivity contribution is 6.11. The normalized spacial score (nSPS) is 13.9. The lowest BCUT2D eigenvalue weighted by Gasteiger charge is -2.29. The Bertz CT molecular complexity index is 1640. The molecule has 0 nitrogen and oxygen atoms in total. The van der Waals surface area contributed by atoms with Crippen molar-refractivity contribution >= 4 is 27.6 Å². The highest BCUT2D eigenvalue weighted by atomic mass is 14.4. The van der Waals surface area contributed by atoms with Gasteiger partial charge in [-0.25, -0.2) is 0 Å². The van der Waals surface area contributed by atoms with Crippen molar-refractivity contribution < 1.29 is 0 Å². The van der Waals surface area contributed by atoms with E-state index in [-0.39, 0.29) is 5.41 Å². The van der Waals surface area contributed by atoms with Crippen molar-refractivity contribution in [1.29, 1.82) is 0 Å². The van der Waals surface area contributed by atoms with Crippen LogP contribution >= 0.6 is 0 Å². The van der Waals surface area contributed by atoms with E-state index in [4.69, 9.17) is 0 Å². The van der Waals surface area contributed by atoms with Gasteiger partial charge in [-0.05, 0) is 98.0 Å². The first-order chi connectivity index (χ1) is 20.5. The molecular formula is C43H54. The monoisotopic (exact) mass is 570 g/mol. The van der Waals surface area contributed by atoms with E-state index < -0.39 is 0 Å². The molecule has 0 saturated heterocycles. The molecule has 0 heteroatoms. The van der Waals surface area contributed by atoms with Crippen molar-refractivity contribution in [2.75, 3.05) is 0 Å². The number of rotatable bonds is 4. The van der Waals surface area contributed by atoms with Gasteiger partial charge in [0.2, 0.25) is 0 Å². The topological polar surface area (TPSA) is 0 Å². The van der Waals surface area contributed by atoms with Crippen LogP contribution in [0.1, 0.15) is 98.8 Å². The molecule has 0 bridgehead atoms. The van der Waals surface area contributed by atoms with Gasteiger partial charge in [0.25, 0.3) is 0 Å². The molecule has 0 aliphatic heterocycles. The fourth-order valence-corrected chi connectivity index (χ4v) is 6.46. The molecule has 0 spiro atoms. The summed E-state index contributed by atoms with van der Waals surface area (Å²) in [5.74, 6) is 1.48. The maximum Gasteiger partial charge on any atom is 0.0210 e. The Morgan fingerprint density at radius 1 is 0.628 bits per heavy atom. The molecule has 0 radical (unpaired) electrons. The average molecular weight is 571 g/mol. The minimum Gasteiger partial charge on any atom is -0.0798 e. The molecule has 1 aliphatic carbocycles. The SMILES string of the molecule is C/C=c1/ccc2cccc3ccc(CC(C)C)c1c32.CC(C)C(C)(C)C.CCC1(CC)c2ccccc2-c2ccccc21. The fraction of sp³-hybridized carbons (Fsp3) is 0.395. The minimum absolute atomic E-state index is 0.243. The van der Waals surface area contributed by atoms with Crippen LogP contribution in [-0.2, 0) is 11.8 Å². The average Bonchev–Trinajstić information content (AvgIpc) is 3.28. The molecule has 0 aromatic heterocycles. The van der Waals surface area contributed by atoms with Crippen molar-refractivity contribution in [3.05, 3.63) is 113 Å². The van der Waals surface area contributed by atoms with Crippen LogP contribution in [0.15, 0.2) is 91.0 Å². The predicted octanol–water partition coefficient (Wildman–Crippen LogP) is 12.2. The Kier molecular flexibility index (Phi) is 10.2. The summed E-state index contributed by atoms with van der Waals surface area (Å²) >= 11 is 0. The van der Waals surface area contributed by atoms with E-state index in [9.17, 15) is 0 Å². The zero-order valence-corrected chi connectivity index (χ0v) is 28.5. The predicted molar refractivity (Wildman–Crippen MR) is 193 cm³/mol. The maximum atomic E-state index is 2.31. The lowest BCUT2D eigenvalue weighted by atomic mass is 9.74. The van der Waals surface area contributed by atoms with E-state index in [1.54, 1.807) is 0 Å². The Hall–Kier alpha value is -3.38. The minimum atomic E-state index is 0.243. The number of hydrogen-bond acceptors (Lipinski definition) is 0. The summed E-state index contributed by atoms with van der Waals surface area (Å²) in [4.78, 5) is 0. The summed E-state index contributed by atoms with van der Waals surface area (Å²) in [6.45, 7) is 22.6. The highest BCUT2D eigenvalue weighted by Crippen LogP contribution is 2.52. The van der Waals surface area contributed by atoms with E-state index in [0.717, 1.165) is 12.3 Å². The Morgan fingerprint density at radius 3 is 1.56 bits per heavy atom. The van der Waals surface area contributed by atoms with E-state index in [1.165, 1.54) is 67.4 Å². The number of hydrogen-bond donors (Lipinski definition) is 0. The van der Waals surface area contributed by atoms with Gasteiger partial charge in [0.15, 0.2) is 0 Å².